The first kappa shape index (κ1) is 9.39. The van der Waals surface area contributed by atoms with E-state index in [-0.39, 0.29) is 0 Å². The molecule has 0 saturated carbocycles. The maximum atomic E-state index is 4.80. The van der Waals surface area contributed by atoms with Crippen LogP contribution in [0.5, 0.6) is 0 Å². The van der Waals surface area contributed by atoms with Crippen molar-refractivity contribution in [1.82, 2.24) is 10.8 Å². The molecule has 0 aliphatic carbocycles. The Balaban J connectivity index is 3.35. The summed E-state index contributed by atoms with van der Waals surface area (Å²) >= 11 is 4.79. The molecule has 0 aromatic heterocycles. The molecule has 0 aliphatic heterocycles. The lowest BCUT2D eigenvalue weighted by Crippen LogP contribution is -2.33. The monoisotopic (exact) mass is 160 g/mol. The largest absolute Gasteiger partial charge is 0.336 e. The molecule has 0 spiro atoms. The van der Waals surface area contributed by atoms with E-state index in [4.69, 9.17) is 17.1 Å². The predicted octanol–water partition coefficient (Wildman–Crippen LogP) is 0.936. The molecule has 2 N–H and O–H groups in total. The third-order valence-electron chi connectivity index (χ3n) is 0.636. The molecule has 0 amide bonds. The predicted molar refractivity (Wildman–Crippen MR) is 45.3 cm³/mol. The van der Waals surface area contributed by atoms with Crippen LogP contribution in [0.15, 0.2) is 12.3 Å². The molecule has 0 bridgehead atoms. The van der Waals surface area contributed by atoms with Gasteiger partial charge in [0, 0.05) is 5.70 Å². The maximum Gasteiger partial charge on any atom is 0.194 e. The molecular formula is C6H12N2OS. The molecule has 10 heavy (non-hydrogen) atoms. The van der Waals surface area contributed by atoms with Crippen LogP contribution in [0, 0.1) is 0 Å². The molecule has 0 atom stereocenters. The molecule has 0 aromatic rings. The second-order valence-corrected chi connectivity index (χ2v) is 2.18. The van der Waals surface area contributed by atoms with E-state index in [1.165, 1.54) is 0 Å². The smallest absolute Gasteiger partial charge is 0.194 e. The highest BCUT2D eigenvalue weighted by molar-refractivity contribution is 7.80. The second-order valence-electron chi connectivity index (χ2n) is 1.77. The van der Waals surface area contributed by atoms with Gasteiger partial charge < -0.3 is 5.32 Å². The van der Waals surface area contributed by atoms with Gasteiger partial charge in [-0.15, -0.1) is 0 Å². The van der Waals surface area contributed by atoms with Gasteiger partial charge in [-0.1, -0.05) is 6.58 Å². The molecule has 0 aromatic carbocycles. The van der Waals surface area contributed by atoms with E-state index in [1.807, 2.05) is 13.8 Å². The lowest BCUT2D eigenvalue weighted by Gasteiger charge is -2.07. The van der Waals surface area contributed by atoms with Crippen molar-refractivity contribution in [3.63, 3.8) is 0 Å². The summed E-state index contributed by atoms with van der Waals surface area (Å²) in [6.07, 6.45) is 0. The van der Waals surface area contributed by atoms with Crippen LogP contribution < -0.4 is 10.8 Å². The topological polar surface area (TPSA) is 33.3 Å². The Morgan fingerprint density at radius 2 is 2.30 bits per heavy atom. The first-order valence-corrected chi connectivity index (χ1v) is 3.42. The zero-order valence-electron chi connectivity index (χ0n) is 6.23. The summed E-state index contributed by atoms with van der Waals surface area (Å²) in [5, 5.41) is 3.22. The lowest BCUT2D eigenvalue weighted by molar-refractivity contribution is 0.0966. The Kier molecular flexibility index (Phi) is 4.88. The molecule has 0 saturated heterocycles. The Labute approximate surface area is 66.4 Å². The summed E-state index contributed by atoms with van der Waals surface area (Å²) in [5.41, 5.74) is 3.31. The van der Waals surface area contributed by atoms with Gasteiger partial charge in [-0.25, -0.2) is 5.48 Å². The van der Waals surface area contributed by atoms with Crippen LogP contribution in [0.25, 0.3) is 0 Å². The third-order valence-corrected chi connectivity index (χ3v) is 0.822. The Hall–Kier alpha value is -0.610. The average Bonchev–Trinajstić information content (AvgIpc) is 1.82. The number of hydroxylamine groups is 1. The van der Waals surface area contributed by atoms with Crippen molar-refractivity contribution < 1.29 is 4.84 Å². The van der Waals surface area contributed by atoms with Crippen LogP contribution >= 0.6 is 12.2 Å². The quantitative estimate of drug-likeness (QED) is 0.475. The zero-order chi connectivity index (χ0) is 7.98. The number of allylic oxidation sites excluding steroid dienone is 1. The van der Waals surface area contributed by atoms with E-state index < -0.39 is 0 Å². The van der Waals surface area contributed by atoms with Gasteiger partial charge in [0.15, 0.2) is 5.11 Å². The third kappa shape index (κ3) is 5.53. The first-order chi connectivity index (χ1) is 4.66. The van der Waals surface area contributed by atoms with Crippen molar-refractivity contribution in [2.45, 2.75) is 13.8 Å². The van der Waals surface area contributed by atoms with Crippen LogP contribution in [0.2, 0.25) is 0 Å². The van der Waals surface area contributed by atoms with Crippen LogP contribution in [0.1, 0.15) is 13.8 Å². The van der Waals surface area contributed by atoms with Gasteiger partial charge in [0.2, 0.25) is 0 Å². The molecule has 0 radical (unpaired) electrons. The van der Waals surface area contributed by atoms with Crippen LogP contribution in [-0.4, -0.2) is 11.7 Å². The van der Waals surface area contributed by atoms with Gasteiger partial charge in [-0.3, -0.25) is 4.84 Å². The van der Waals surface area contributed by atoms with E-state index in [0.29, 0.717) is 11.7 Å². The van der Waals surface area contributed by atoms with Crippen molar-refractivity contribution in [2.24, 2.45) is 0 Å². The standard InChI is InChI=1S/C6H12N2OS/c1-4-9-8-6(10)7-5(2)3/h2,4H2,1,3H3,(H2,7,8,10). The molecule has 0 fully saturated rings. The van der Waals surface area contributed by atoms with Crippen LogP contribution in [-0.2, 0) is 4.84 Å². The molecule has 0 aliphatic rings. The fourth-order valence-corrected chi connectivity index (χ4v) is 0.590. The fourth-order valence-electron chi connectivity index (χ4n) is 0.357. The van der Waals surface area contributed by atoms with Crippen molar-refractivity contribution in [3.8, 4) is 0 Å². The maximum absolute atomic E-state index is 4.80. The van der Waals surface area contributed by atoms with E-state index in [1.54, 1.807) is 0 Å². The Morgan fingerprint density at radius 3 is 2.70 bits per heavy atom. The first-order valence-electron chi connectivity index (χ1n) is 3.01. The summed E-state index contributed by atoms with van der Waals surface area (Å²) in [5.74, 6) is 0. The Bertz CT molecular complexity index is 136. The minimum Gasteiger partial charge on any atom is -0.336 e. The van der Waals surface area contributed by atoms with Gasteiger partial charge in [0.25, 0.3) is 0 Å². The summed E-state index contributed by atoms with van der Waals surface area (Å²) in [6.45, 7) is 7.88. The Morgan fingerprint density at radius 1 is 1.70 bits per heavy atom. The number of thiocarbonyl (C=S) groups is 1. The zero-order valence-corrected chi connectivity index (χ0v) is 7.05. The van der Waals surface area contributed by atoms with Gasteiger partial charge in [-0.05, 0) is 26.1 Å². The van der Waals surface area contributed by atoms with Crippen LogP contribution in [0.3, 0.4) is 0 Å². The average molecular weight is 160 g/mol. The van der Waals surface area contributed by atoms with Gasteiger partial charge in [0.05, 0.1) is 6.61 Å². The minimum atomic E-state index is 0.439. The van der Waals surface area contributed by atoms with Crippen molar-refractivity contribution in [3.05, 3.63) is 12.3 Å². The molecular weight excluding hydrogens is 148 g/mol. The second kappa shape index (κ2) is 5.20. The van der Waals surface area contributed by atoms with Crippen molar-refractivity contribution >= 4 is 17.3 Å². The minimum absolute atomic E-state index is 0.439. The number of nitrogens with one attached hydrogen (secondary N) is 2. The van der Waals surface area contributed by atoms with Crippen molar-refractivity contribution in [1.29, 1.82) is 0 Å². The lowest BCUT2D eigenvalue weighted by atomic mass is 10.6. The summed E-state index contributed by atoms with van der Waals surface area (Å²) in [6, 6.07) is 0. The van der Waals surface area contributed by atoms with Crippen LogP contribution in [0.4, 0.5) is 0 Å². The van der Waals surface area contributed by atoms with E-state index in [9.17, 15) is 0 Å². The van der Waals surface area contributed by atoms with Gasteiger partial charge in [-0.2, -0.15) is 0 Å². The summed E-state index contributed by atoms with van der Waals surface area (Å²) < 4.78 is 0. The SMILES string of the molecule is C=C(C)NC(=S)NOCC. The number of hydrogen-bond donors (Lipinski definition) is 2. The van der Waals surface area contributed by atoms with Gasteiger partial charge in [0.1, 0.15) is 0 Å². The molecule has 0 unspecified atom stereocenters. The number of hydrogen-bond acceptors (Lipinski definition) is 2. The van der Waals surface area contributed by atoms with Crippen molar-refractivity contribution in [2.75, 3.05) is 6.61 Å². The van der Waals surface area contributed by atoms with E-state index in [2.05, 4.69) is 17.4 Å². The highest BCUT2D eigenvalue weighted by atomic mass is 32.1. The summed E-state index contributed by atoms with van der Waals surface area (Å²) in [4.78, 5) is 4.80. The molecule has 4 heteroatoms. The summed E-state index contributed by atoms with van der Waals surface area (Å²) in [7, 11) is 0. The highest BCUT2D eigenvalue weighted by Crippen LogP contribution is 1.78. The molecule has 58 valence electrons. The fraction of sp³-hybridized carbons (Fsp3) is 0.500. The number of rotatable bonds is 3. The molecule has 0 rings (SSSR count). The van der Waals surface area contributed by atoms with E-state index >= 15 is 0 Å². The normalized spacial score (nSPS) is 8.60. The van der Waals surface area contributed by atoms with E-state index in [0.717, 1.165) is 5.70 Å². The van der Waals surface area contributed by atoms with Gasteiger partial charge >= 0.3 is 0 Å². The molecule has 3 nitrogen and oxygen atoms in total. The highest BCUT2D eigenvalue weighted by Gasteiger charge is 1.90. The molecule has 0 heterocycles.